The van der Waals surface area contributed by atoms with Crippen LogP contribution in [0.4, 0.5) is 0 Å². The molecule has 60 valence electrons. The Balaban J connectivity index is 2.84. The maximum absolute atomic E-state index is 10.0. The molecule has 0 aromatic rings. The Morgan fingerprint density at radius 1 is 1.20 bits per heavy atom. The van der Waals surface area contributed by atoms with Crippen molar-refractivity contribution in [1.29, 1.82) is 0 Å². The molecular formula is C8H16O2. The van der Waals surface area contributed by atoms with Crippen molar-refractivity contribution < 1.29 is 9.90 Å². The lowest BCUT2D eigenvalue weighted by atomic mass is 9.87. The van der Waals surface area contributed by atoms with E-state index in [0.717, 1.165) is 12.8 Å². The van der Waals surface area contributed by atoms with E-state index >= 15 is 0 Å². The maximum atomic E-state index is 10.0. The molecule has 2 nitrogen and oxygen atoms in total. The van der Waals surface area contributed by atoms with Crippen molar-refractivity contribution in [2.75, 3.05) is 0 Å². The highest BCUT2D eigenvalue weighted by Gasteiger charge is 1.94. The largest absolute Gasteiger partial charge is 0.481 e. The molecule has 0 spiro atoms. The molecule has 0 unspecified atom stereocenters. The maximum Gasteiger partial charge on any atom is 0.303 e. The first-order chi connectivity index (χ1) is 4.77. The van der Waals surface area contributed by atoms with Crippen LogP contribution in [0.25, 0.3) is 0 Å². The zero-order valence-electron chi connectivity index (χ0n) is 6.60. The Labute approximate surface area is 62.2 Å². The molecular weight excluding hydrogens is 127 g/mol. The summed E-state index contributed by atoms with van der Waals surface area (Å²) >= 11 is 0. The minimum absolute atomic E-state index is 0.337. The lowest BCUT2D eigenvalue weighted by Crippen LogP contribution is -1.93. The monoisotopic (exact) mass is 143 g/mol. The Kier molecular flexibility index (Phi) is 6.24. The number of aliphatic carboxylic acids is 1. The van der Waals surface area contributed by atoms with Crippen LogP contribution in [0.1, 0.15) is 45.4 Å². The molecule has 0 bridgehead atoms. The van der Waals surface area contributed by atoms with Gasteiger partial charge in [0.05, 0.1) is 0 Å². The molecule has 0 amide bonds. The normalized spacial score (nSPS) is 9.70. The average Bonchev–Trinajstić information content (AvgIpc) is 1.87. The Morgan fingerprint density at radius 2 is 1.80 bits per heavy atom. The molecule has 0 aliphatic carbocycles. The van der Waals surface area contributed by atoms with Crippen molar-refractivity contribution in [2.45, 2.75) is 45.4 Å². The van der Waals surface area contributed by atoms with Crippen LogP contribution in [0.5, 0.6) is 0 Å². The third-order valence-corrected chi connectivity index (χ3v) is 1.49. The summed E-state index contributed by atoms with van der Waals surface area (Å²) in [6, 6.07) is 0. The standard InChI is InChI=1S/C8H16O2/c1-2-3-4-5-6-7-8(9)10/h2-7H2,1H3,(H,9,10)/i2-1. The Hall–Kier alpha value is -0.530. The molecule has 0 saturated heterocycles. The molecule has 0 aromatic heterocycles. The van der Waals surface area contributed by atoms with Crippen molar-refractivity contribution in [3.05, 3.63) is 0 Å². The first-order valence-corrected chi connectivity index (χ1v) is 3.99. The van der Waals surface area contributed by atoms with Crippen molar-refractivity contribution in [2.24, 2.45) is 0 Å². The molecule has 0 saturated carbocycles. The van der Waals surface area contributed by atoms with E-state index in [1.165, 1.54) is 19.3 Å². The molecule has 0 aromatic carbocycles. The SMILES string of the molecule is C[11CH2]CCCCCC(=O)O. The van der Waals surface area contributed by atoms with E-state index in [9.17, 15) is 4.79 Å². The van der Waals surface area contributed by atoms with E-state index in [1.54, 1.807) is 0 Å². The third kappa shape index (κ3) is 7.47. The molecule has 0 atom stereocenters. The van der Waals surface area contributed by atoms with E-state index in [4.69, 9.17) is 5.11 Å². The topological polar surface area (TPSA) is 37.3 Å². The number of hydrogen-bond acceptors (Lipinski definition) is 1. The lowest BCUT2D eigenvalue weighted by molar-refractivity contribution is -0.137. The summed E-state index contributed by atoms with van der Waals surface area (Å²) in [5.74, 6) is -0.670. The van der Waals surface area contributed by atoms with Crippen LogP contribution in [0.2, 0.25) is 0 Å². The van der Waals surface area contributed by atoms with Gasteiger partial charge in [-0.15, -0.1) is 0 Å². The Morgan fingerprint density at radius 3 is 2.30 bits per heavy atom. The van der Waals surface area contributed by atoms with Gasteiger partial charge in [-0.25, -0.2) is 0 Å². The number of unbranched alkanes of at least 4 members (excludes halogenated alkanes) is 4. The van der Waals surface area contributed by atoms with Crippen molar-refractivity contribution >= 4 is 5.97 Å². The first-order valence-electron chi connectivity index (χ1n) is 3.99. The van der Waals surface area contributed by atoms with Gasteiger partial charge < -0.3 is 5.11 Å². The Bertz CT molecular complexity index is 89.3. The number of carboxylic acid groups (broad SMARTS) is 1. The van der Waals surface area contributed by atoms with Crippen LogP contribution in [0.15, 0.2) is 0 Å². The van der Waals surface area contributed by atoms with Crippen LogP contribution in [-0.2, 0) is 4.79 Å². The van der Waals surface area contributed by atoms with Crippen molar-refractivity contribution in [1.82, 2.24) is 0 Å². The number of rotatable bonds is 6. The van der Waals surface area contributed by atoms with Gasteiger partial charge in [-0.05, 0) is 6.42 Å². The number of carbonyl (C=O) groups is 1. The molecule has 10 heavy (non-hydrogen) atoms. The van der Waals surface area contributed by atoms with E-state index in [0.29, 0.717) is 6.42 Å². The molecule has 0 aliphatic heterocycles. The average molecular weight is 143 g/mol. The molecule has 1 N–H and O–H groups in total. The fourth-order valence-electron chi connectivity index (χ4n) is 0.880. The second-order valence-corrected chi connectivity index (χ2v) is 2.56. The van der Waals surface area contributed by atoms with Gasteiger partial charge >= 0.3 is 5.97 Å². The van der Waals surface area contributed by atoms with Gasteiger partial charge in [0.15, 0.2) is 0 Å². The fraction of sp³-hybridized carbons (Fsp3) is 0.875. The molecule has 0 heterocycles. The minimum Gasteiger partial charge on any atom is -0.481 e. The van der Waals surface area contributed by atoms with E-state index in [-0.39, 0.29) is 0 Å². The third-order valence-electron chi connectivity index (χ3n) is 1.49. The predicted molar refractivity (Wildman–Crippen MR) is 41.0 cm³/mol. The summed E-state index contributed by atoms with van der Waals surface area (Å²) < 4.78 is 0. The second-order valence-electron chi connectivity index (χ2n) is 2.56. The molecule has 0 aliphatic rings. The number of carboxylic acids is 1. The van der Waals surface area contributed by atoms with Crippen LogP contribution < -0.4 is 0 Å². The quantitative estimate of drug-likeness (QED) is 0.580. The highest BCUT2D eigenvalue weighted by Crippen LogP contribution is 2.04. The van der Waals surface area contributed by atoms with Crippen LogP contribution in [0.3, 0.4) is 0 Å². The summed E-state index contributed by atoms with van der Waals surface area (Å²) in [5, 5.41) is 8.27. The van der Waals surface area contributed by atoms with E-state index in [1.807, 2.05) is 0 Å². The van der Waals surface area contributed by atoms with Crippen LogP contribution >= 0.6 is 0 Å². The van der Waals surface area contributed by atoms with Gasteiger partial charge in [-0.3, -0.25) is 4.79 Å². The lowest BCUT2D eigenvalue weighted by Gasteiger charge is -1.95. The molecule has 0 radical (unpaired) electrons. The van der Waals surface area contributed by atoms with Crippen molar-refractivity contribution in [3.8, 4) is 0 Å². The van der Waals surface area contributed by atoms with E-state index in [2.05, 4.69) is 6.92 Å². The summed E-state index contributed by atoms with van der Waals surface area (Å²) in [6.45, 7) is 2.15. The van der Waals surface area contributed by atoms with Gasteiger partial charge in [0.1, 0.15) is 0 Å². The van der Waals surface area contributed by atoms with Gasteiger partial charge in [-0.1, -0.05) is 32.6 Å². The smallest absolute Gasteiger partial charge is 0.303 e. The molecule has 0 rings (SSSR count). The molecule has 2 heteroatoms. The van der Waals surface area contributed by atoms with E-state index < -0.39 is 5.97 Å². The summed E-state index contributed by atoms with van der Waals surface area (Å²) in [7, 11) is 0. The zero-order valence-corrected chi connectivity index (χ0v) is 6.60. The predicted octanol–water partition coefficient (Wildman–Crippen LogP) is 2.43. The first kappa shape index (κ1) is 9.47. The fourth-order valence-corrected chi connectivity index (χ4v) is 0.880. The molecule has 0 fully saturated rings. The summed E-state index contributed by atoms with van der Waals surface area (Å²) in [5.41, 5.74) is 0. The number of hydrogen-bond donors (Lipinski definition) is 1. The van der Waals surface area contributed by atoms with Gasteiger partial charge in [0.2, 0.25) is 0 Å². The zero-order chi connectivity index (χ0) is 7.82. The summed E-state index contributed by atoms with van der Waals surface area (Å²) in [4.78, 5) is 10.0. The highest BCUT2D eigenvalue weighted by atomic mass is 16.4. The van der Waals surface area contributed by atoms with Gasteiger partial charge in [0.25, 0.3) is 0 Å². The van der Waals surface area contributed by atoms with Crippen LogP contribution in [0, 0.1) is 0 Å². The minimum atomic E-state index is -0.670. The van der Waals surface area contributed by atoms with Crippen molar-refractivity contribution in [3.63, 3.8) is 0 Å². The second kappa shape index (κ2) is 6.59. The van der Waals surface area contributed by atoms with Crippen LogP contribution in [-0.4, -0.2) is 11.1 Å². The van der Waals surface area contributed by atoms with Gasteiger partial charge in [0, 0.05) is 6.42 Å². The summed E-state index contributed by atoms with van der Waals surface area (Å²) in [6.07, 6.45) is 5.88. The van der Waals surface area contributed by atoms with Gasteiger partial charge in [-0.2, -0.15) is 0 Å². The highest BCUT2D eigenvalue weighted by molar-refractivity contribution is 5.66.